The number of rotatable bonds is 4. The highest BCUT2D eigenvalue weighted by Gasteiger charge is 2.07. The van der Waals surface area contributed by atoms with E-state index in [9.17, 15) is 4.39 Å². The normalized spacial score (nSPS) is 12.4. The van der Waals surface area contributed by atoms with Crippen molar-refractivity contribution in [1.29, 1.82) is 0 Å². The molecule has 0 saturated heterocycles. The Bertz CT molecular complexity index is 442. The fourth-order valence-electron chi connectivity index (χ4n) is 1.38. The largest absolute Gasteiger partial charge is 0.363 e. The average Bonchev–Trinajstić information content (AvgIpc) is 2.74. The van der Waals surface area contributed by atoms with Gasteiger partial charge >= 0.3 is 0 Å². The second-order valence-corrected chi connectivity index (χ2v) is 3.50. The minimum atomic E-state index is -0.354. The first-order chi connectivity index (χ1) is 7.75. The summed E-state index contributed by atoms with van der Waals surface area (Å²) in [6.07, 6.45) is 4.63. The zero-order valence-corrected chi connectivity index (χ0v) is 8.84. The monoisotopic (exact) mass is 221 g/mol. The van der Waals surface area contributed by atoms with Crippen LogP contribution in [0.5, 0.6) is 0 Å². The van der Waals surface area contributed by atoms with Crippen LogP contribution in [0.4, 0.5) is 10.2 Å². The van der Waals surface area contributed by atoms with E-state index in [0.717, 1.165) is 0 Å². The molecule has 5 nitrogen and oxygen atoms in total. The number of nitrogens with zero attached hydrogens (tertiary/aromatic N) is 4. The van der Waals surface area contributed by atoms with Gasteiger partial charge in [0.1, 0.15) is 12.7 Å². The van der Waals surface area contributed by atoms with Crippen LogP contribution >= 0.6 is 0 Å². The van der Waals surface area contributed by atoms with Crippen LogP contribution < -0.4 is 5.32 Å². The van der Waals surface area contributed by atoms with E-state index in [2.05, 4.69) is 20.4 Å². The number of hydrogen-bond donors (Lipinski definition) is 1. The van der Waals surface area contributed by atoms with Crippen molar-refractivity contribution < 1.29 is 4.39 Å². The Balaban J connectivity index is 1.97. The smallest absolute Gasteiger partial charge is 0.165 e. The zero-order valence-electron chi connectivity index (χ0n) is 8.84. The summed E-state index contributed by atoms with van der Waals surface area (Å²) in [4.78, 5) is 7.75. The quantitative estimate of drug-likeness (QED) is 0.845. The maximum Gasteiger partial charge on any atom is 0.165 e. The average molecular weight is 221 g/mol. The molecule has 0 radical (unpaired) electrons. The number of hydrogen-bond acceptors (Lipinski definition) is 4. The highest BCUT2D eigenvalue weighted by atomic mass is 19.1. The number of pyridine rings is 1. The number of nitrogens with one attached hydrogen (secondary N) is 1. The van der Waals surface area contributed by atoms with Gasteiger partial charge in [0.25, 0.3) is 0 Å². The van der Waals surface area contributed by atoms with Gasteiger partial charge in [0, 0.05) is 12.2 Å². The fourth-order valence-corrected chi connectivity index (χ4v) is 1.38. The molecule has 0 aromatic carbocycles. The molecule has 0 bridgehead atoms. The van der Waals surface area contributed by atoms with Crippen LogP contribution in [0.2, 0.25) is 0 Å². The Labute approximate surface area is 92.3 Å². The van der Waals surface area contributed by atoms with Gasteiger partial charge in [-0.3, -0.25) is 4.68 Å². The van der Waals surface area contributed by atoms with Gasteiger partial charge in [-0.2, -0.15) is 5.10 Å². The predicted octanol–water partition coefficient (Wildman–Crippen LogP) is 1.31. The molecule has 2 aromatic heterocycles. The number of halogens is 1. The summed E-state index contributed by atoms with van der Waals surface area (Å²) < 4.78 is 14.9. The van der Waals surface area contributed by atoms with E-state index in [1.165, 1.54) is 12.4 Å². The fraction of sp³-hybridized carbons (Fsp3) is 0.300. The first-order valence-electron chi connectivity index (χ1n) is 4.95. The molecule has 2 aromatic rings. The molecule has 0 amide bonds. The van der Waals surface area contributed by atoms with Crippen LogP contribution in [-0.2, 0) is 6.54 Å². The Morgan fingerprint density at radius 3 is 3.12 bits per heavy atom. The van der Waals surface area contributed by atoms with Gasteiger partial charge in [0.2, 0.25) is 0 Å². The standard InChI is InChI=1S/C10H12FN5/c1-8(5-16-7-12-6-14-16)15-10-9(11)3-2-4-13-10/h2-4,6-8H,5H2,1H3,(H,13,15). The van der Waals surface area contributed by atoms with E-state index in [0.29, 0.717) is 6.54 Å². The highest BCUT2D eigenvalue weighted by molar-refractivity contribution is 5.36. The summed E-state index contributed by atoms with van der Waals surface area (Å²) in [5.41, 5.74) is 0. The number of anilines is 1. The van der Waals surface area contributed by atoms with Gasteiger partial charge in [-0.05, 0) is 19.1 Å². The molecule has 84 valence electrons. The minimum absolute atomic E-state index is 0.0195. The van der Waals surface area contributed by atoms with Crippen molar-refractivity contribution in [1.82, 2.24) is 19.7 Å². The Kier molecular flexibility index (Phi) is 3.09. The van der Waals surface area contributed by atoms with Gasteiger partial charge in [-0.15, -0.1) is 0 Å². The van der Waals surface area contributed by atoms with Crippen LogP contribution in [0.1, 0.15) is 6.92 Å². The second kappa shape index (κ2) is 4.69. The Hall–Kier alpha value is -1.98. The van der Waals surface area contributed by atoms with E-state index < -0.39 is 0 Å². The summed E-state index contributed by atoms with van der Waals surface area (Å²) in [6, 6.07) is 2.95. The molecule has 0 aliphatic heterocycles. The summed E-state index contributed by atoms with van der Waals surface area (Å²) in [6.45, 7) is 2.53. The molecular formula is C10H12FN5. The van der Waals surface area contributed by atoms with Crippen molar-refractivity contribution in [3.05, 3.63) is 36.8 Å². The van der Waals surface area contributed by atoms with Gasteiger partial charge in [-0.1, -0.05) is 0 Å². The van der Waals surface area contributed by atoms with E-state index in [1.807, 2.05) is 6.92 Å². The Morgan fingerprint density at radius 2 is 2.44 bits per heavy atom. The van der Waals surface area contributed by atoms with E-state index in [4.69, 9.17) is 0 Å². The van der Waals surface area contributed by atoms with Crippen molar-refractivity contribution in [2.45, 2.75) is 19.5 Å². The minimum Gasteiger partial charge on any atom is -0.363 e. The SMILES string of the molecule is CC(Cn1cncn1)Nc1ncccc1F. The first-order valence-corrected chi connectivity index (χ1v) is 4.95. The van der Waals surface area contributed by atoms with Crippen LogP contribution in [0, 0.1) is 5.82 Å². The molecule has 1 unspecified atom stereocenters. The summed E-state index contributed by atoms with van der Waals surface area (Å²) in [5, 5.41) is 6.95. The number of aromatic nitrogens is 4. The van der Waals surface area contributed by atoms with Crippen LogP contribution in [0.3, 0.4) is 0 Å². The third-order valence-corrected chi connectivity index (χ3v) is 2.07. The maximum absolute atomic E-state index is 13.3. The van der Waals surface area contributed by atoms with Crippen molar-refractivity contribution >= 4 is 5.82 Å². The summed E-state index contributed by atoms with van der Waals surface area (Å²) in [5.74, 6) is -0.0944. The lowest BCUT2D eigenvalue weighted by Gasteiger charge is -2.14. The van der Waals surface area contributed by atoms with Gasteiger partial charge < -0.3 is 5.32 Å². The van der Waals surface area contributed by atoms with E-state index >= 15 is 0 Å². The summed E-state index contributed by atoms with van der Waals surface area (Å²) >= 11 is 0. The maximum atomic E-state index is 13.3. The lowest BCUT2D eigenvalue weighted by Crippen LogP contribution is -2.23. The second-order valence-electron chi connectivity index (χ2n) is 3.50. The zero-order chi connectivity index (χ0) is 11.4. The topological polar surface area (TPSA) is 55.6 Å². The van der Waals surface area contributed by atoms with Crippen LogP contribution in [0.15, 0.2) is 31.0 Å². The van der Waals surface area contributed by atoms with Crippen molar-refractivity contribution in [2.75, 3.05) is 5.32 Å². The molecule has 0 aliphatic carbocycles. The molecule has 0 aliphatic rings. The lowest BCUT2D eigenvalue weighted by atomic mass is 10.3. The van der Waals surface area contributed by atoms with Crippen LogP contribution in [-0.4, -0.2) is 25.8 Å². The molecule has 0 saturated carbocycles. The molecule has 16 heavy (non-hydrogen) atoms. The van der Waals surface area contributed by atoms with E-state index in [1.54, 1.807) is 23.3 Å². The lowest BCUT2D eigenvalue weighted by molar-refractivity contribution is 0.551. The molecule has 6 heteroatoms. The Morgan fingerprint density at radius 1 is 1.56 bits per heavy atom. The third kappa shape index (κ3) is 2.53. The van der Waals surface area contributed by atoms with Gasteiger partial charge in [-0.25, -0.2) is 14.4 Å². The van der Waals surface area contributed by atoms with Crippen molar-refractivity contribution in [2.24, 2.45) is 0 Å². The highest BCUT2D eigenvalue weighted by Crippen LogP contribution is 2.10. The summed E-state index contributed by atoms with van der Waals surface area (Å²) in [7, 11) is 0. The van der Waals surface area contributed by atoms with E-state index in [-0.39, 0.29) is 17.7 Å². The van der Waals surface area contributed by atoms with Gasteiger partial charge in [0.15, 0.2) is 11.6 Å². The molecular weight excluding hydrogens is 209 g/mol. The third-order valence-electron chi connectivity index (χ3n) is 2.07. The molecule has 2 rings (SSSR count). The molecule has 0 spiro atoms. The first kappa shape index (κ1) is 10.5. The van der Waals surface area contributed by atoms with Gasteiger partial charge in [0.05, 0.1) is 6.54 Å². The van der Waals surface area contributed by atoms with Crippen molar-refractivity contribution in [3.8, 4) is 0 Å². The molecule has 1 atom stereocenters. The molecule has 1 N–H and O–H groups in total. The van der Waals surface area contributed by atoms with Crippen molar-refractivity contribution in [3.63, 3.8) is 0 Å². The molecule has 0 fully saturated rings. The van der Waals surface area contributed by atoms with Crippen LogP contribution in [0.25, 0.3) is 0 Å². The molecule has 2 heterocycles. The predicted molar refractivity (Wildman–Crippen MR) is 57.3 cm³/mol.